The summed E-state index contributed by atoms with van der Waals surface area (Å²) in [6, 6.07) is 3.32. The number of anilines is 1. The van der Waals surface area contributed by atoms with Crippen molar-refractivity contribution in [2.24, 2.45) is 5.92 Å². The molecule has 0 bridgehead atoms. The number of aliphatic carboxylic acids is 1. The van der Waals surface area contributed by atoms with Gasteiger partial charge in [-0.2, -0.15) is 0 Å². The first-order chi connectivity index (χ1) is 14.7. The van der Waals surface area contributed by atoms with E-state index in [2.05, 4.69) is 22.8 Å². The quantitative estimate of drug-likeness (QED) is 0.546. The number of hydrogen-bond acceptors (Lipinski definition) is 6. The highest BCUT2D eigenvalue weighted by Crippen LogP contribution is 2.34. The number of hydrogen-bond donors (Lipinski definition) is 3. The largest absolute Gasteiger partial charge is 0.480 e. The Hall–Kier alpha value is -2.35. The molecule has 3 N–H and O–H groups in total. The van der Waals surface area contributed by atoms with Crippen LogP contribution in [0.1, 0.15) is 64.1 Å². The number of nitrogens with zero attached hydrogens (tertiary/aromatic N) is 1. The van der Waals surface area contributed by atoms with Gasteiger partial charge >= 0.3 is 12.1 Å². The molecule has 0 saturated heterocycles. The van der Waals surface area contributed by atoms with Gasteiger partial charge in [0.2, 0.25) is 0 Å². The molecule has 1 fully saturated rings. The van der Waals surface area contributed by atoms with Crippen molar-refractivity contribution in [3.8, 4) is 0 Å². The van der Waals surface area contributed by atoms with Crippen molar-refractivity contribution in [3.63, 3.8) is 0 Å². The minimum atomic E-state index is -1.09. The topological polar surface area (TPSA) is 110 Å². The number of aromatic nitrogens is 1. The van der Waals surface area contributed by atoms with Crippen molar-refractivity contribution in [1.82, 2.24) is 10.3 Å². The second kappa shape index (κ2) is 10.3. The summed E-state index contributed by atoms with van der Waals surface area (Å²) in [5, 5.41) is 15.1. The minimum absolute atomic E-state index is 0.166. The first-order valence-electron chi connectivity index (χ1n) is 11.3. The molecule has 0 aromatic carbocycles. The zero-order chi connectivity index (χ0) is 22.4. The summed E-state index contributed by atoms with van der Waals surface area (Å²) in [7, 11) is 0. The lowest BCUT2D eigenvalue weighted by molar-refractivity contribution is -0.140. The van der Waals surface area contributed by atoms with Gasteiger partial charge in [-0.05, 0) is 76.8 Å². The summed E-state index contributed by atoms with van der Waals surface area (Å²) >= 11 is 0. The van der Waals surface area contributed by atoms with Crippen LogP contribution in [0.15, 0.2) is 12.1 Å². The van der Waals surface area contributed by atoms with Crippen LogP contribution in [-0.2, 0) is 27.1 Å². The smallest absolute Gasteiger partial charge is 0.408 e. The number of nitrogens with one attached hydrogen (secondary N) is 2. The summed E-state index contributed by atoms with van der Waals surface area (Å²) in [6.07, 6.45) is 5.95. The highest BCUT2D eigenvalue weighted by Gasteiger charge is 2.30. The van der Waals surface area contributed by atoms with Crippen molar-refractivity contribution >= 4 is 17.9 Å². The number of carbonyl (C=O) groups excluding carboxylic acids is 1. The molecule has 8 heteroatoms. The summed E-state index contributed by atoms with van der Waals surface area (Å²) in [6.45, 7) is 6.49. The molecule has 1 aliphatic heterocycles. The number of aryl methyl sites for hydroxylation is 2. The van der Waals surface area contributed by atoms with Crippen molar-refractivity contribution in [3.05, 3.63) is 23.4 Å². The fourth-order valence-corrected chi connectivity index (χ4v) is 3.97. The van der Waals surface area contributed by atoms with Gasteiger partial charge in [0.1, 0.15) is 17.5 Å². The molecule has 2 aliphatic rings. The average molecular weight is 434 g/mol. The van der Waals surface area contributed by atoms with Crippen LogP contribution in [0.2, 0.25) is 0 Å². The van der Waals surface area contributed by atoms with Crippen LogP contribution in [0.3, 0.4) is 0 Å². The van der Waals surface area contributed by atoms with E-state index in [-0.39, 0.29) is 12.5 Å². The van der Waals surface area contributed by atoms with E-state index in [1.54, 1.807) is 20.8 Å². The molecule has 0 unspecified atom stereocenters. The number of pyridine rings is 1. The van der Waals surface area contributed by atoms with Crippen LogP contribution in [0.4, 0.5) is 10.6 Å². The molecular formula is C23H35N3O5. The molecule has 172 valence electrons. The third-order valence-corrected chi connectivity index (χ3v) is 5.70. The number of carboxylic acids is 1. The standard InChI is InChI=1S/C23H35N3O5/c1-23(2,3)31-22(29)26-19(21(27)28)10-12-30-18-13-15(14-18)6-8-17-9-7-16-5-4-11-24-20(16)25-17/h7,9,15,18-19H,4-6,8,10-14H2,1-3H3,(H,24,25)(H,26,29)(H,27,28)/t15-,18-,19-/m0/s1. The molecule has 1 aromatic rings. The van der Waals surface area contributed by atoms with Crippen molar-refractivity contribution < 1.29 is 24.2 Å². The van der Waals surface area contributed by atoms with Crippen molar-refractivity contribution in [1.29, 1.82) is 0 Å². The zero-order valence-corrected chi connectivity index (χ0v) is 18.8. The molecule has 1 aromatic heterocycles. The Balaban J connectivity index is 1.31. The molecule has 3 rings (SSSR count). The third kappa shape index (κ3) is 7.38. The lowest BCUT2D eigenvalue weighted by atomic mass is 9.79. The van der Waals surface area contributed by atoms with Gasteiger partial charge in [-0.15, -0.1) is 0 Å². The SMILES string of the molecule is CC(C)(C)OC(=O)N[C@@H](CCO[C@H]1C[C@H](CCc2ccc3c(n2)NCCC3)C1)C(=O)O. The Morgan fingerprint density at radius 1 is 1.32 bits per heavy atom. The normalized spacial score (nSPS) is 21.3. The maximum absolute atomic E-state index is 11.8. The van der Waals surface area contributed by atoms with E-state index in [1.807, 2.05) is 0 Å². The first kappa shape index (κ1) is 23.3. The van der Waals surface area contributed by atoms with E-state index in [9.17, 15) is 14.7 Å². The van der Waals surface area contributed by atoms with Gasteiger partial charge < -0.3 is 25.2 Å². The van der Waals surface area contributed by atoms with E-state index in [0.717, 1.165) is 50.2 Å². The number of amides is 1. The Kier molecular flexibility index (Phi) is 7.75. The number of fused-ring (bicyclic) bond motifs is 1. The van der Waals surface area contributed by atoms with E-state index >= 15 is 0 Å². The molecule has 1 atom stereocenters. The summed E-state index contributed by atoms with van der Waals surface area (Å²) in [4.78, 5) is 27.9. The lowest BCUT2D eigenvalue weighted by Crippen LogP contribution is -2.44. The predicted molar refractivity (Wildman–Crippen MR) is 117 cm³/mol. The summed E-state index contributed by atoms with van der Waals surface area (Å²) in [5.74, 6) is 0.575. The van der Waals surface area contributed by atoms with E-state index in [4.69, 9.17) is 14.5 Å². The van der Waals surface area contributed by atoms with Gasteiger partial charge in [-0.25, -0.2) is 14.6 Å². The fraction of sp³-hybridized carbons (Fsp3) is 0.696. The van der Waals surface area contributed by atoms with Gasteiger partial charge in [-0.3, -0.25) is 0 Å². The average Bonchev–Trinajstić information content (AvgIpc) is 2.66. The third-order valence-electron chi connectivity index (χ3n) is 5.70. The zero-order valence-electron chi connectivity index (χ0n) is 18.8. The van der Waals surface area contributed by atoms with Crippen molar-refractivity contribution in [2.75, 3.05) is 18.5 Å². The monoisotopic (exact) mass is 433 g/mol. The Bertz CT molecular complexity index is 771. The van der Waals surface area contributed by atoms with E-state index in [0.29, 0.717) is 12.5 Å². The van der Waals surface area contributed by atoms with Crippen molar-refractivity contribution in [2.45, 2.75) is 83.5 Å². The van der Waals surface area contributed by atoms with Gasteiger partial charge in [-0.1, -0.05) is 6.07 Å². The first-order valence-corrected chi connectivity index (χ1v) is 11.3. The highest BCUT2D eigenvalue weighted by molar-refractivity contribution is 5.79. The number of carboxylic acid groups (broad SMARTS) is 1. The van der Waals surface area contributed by atoms with Gasteiger partial charge in [0, 0.05) is 25.3 Å². The molecule has 0 radical (unpaired) electrons. The molecule has 1 amide bonds. The van der Waals surface area contributed by atoms with Crippen LogP contribution in [0.25, 0.3) is 0 Å². The highest BCUT2D eigenvalue weighted by atomic mass is 16.6. The fourth-order valence-electron chi connectivity index (χ4n) is 3.97. The number of rotatable bonds is 9. The van der Waals surface area contributed by atoms with Gasteiger partial charge in [0.15, 0.2) is 0 Å². The number of ether oxygens (including phenoxy) is 2. The number of carbonyl (C=O) groups is 2. The molecular weight excluding hydrogens is 398 g/mol. The maximum atomic E-state index is 11.8. The Morgan fingerprint density at radius 3 is 2.81 bits per heavy atom. The maximum Gasteiger partial charge on any atom is 0.408 e. The Morgan fingerprint density at radius 2 is 2.10 bits per heavy atom. The van der Waals surface area contributed by atoms with E-state index in [1.165, 1.54) is 12.0 Å². The van der Waals surface area contributed by atoms with E-state index < -0.39 is 23.7 Å². The number of alkyl carbamates (subject to hydrolysis) is 1. The molecule has 1 saturated carbocycles. The predicted octanol–water partition coefficient (Wildman–Crippen LogP) is 3.54. The van der Waals surface area contributed by atoms with Crippen LogP contribution in [0, 0.1) is 5.92 Å². The van der Waals surface area contributed by atoms with Gasteiger partial charge in [0.25, 0.3) is 0 Å². The van der Waals surface area contributed by atoms with Crippen LogP contribution in [0.5, 0.6) is 0 Å². The van der Waals surface area contributed by atoms with Crippen LogP contribution in [-0.4, -0.2) is 53.1 Å². The molecule has 8 nitrogen and oxygen atoms in total. The van der Waals surface area contributed by atoms with Gasteiger partial charge in [0.05, 0.1) is 6.10 Å². The summed E-state index contributed by atoms with van der Waals surface area (Å²) in [5.41, 5.74) is 1.78. The lowest BCUT2D eigenvalue weighted by Gasteiger charge is -2.35. The Labute approximate surface area is 184 Å². The summed E-state index contributed by atoms with van der Waals surface area (Å²) < 4.78 is 10.9. The minimum Gasteiger partial charge on any atom is -0.480 e. The second-order valence-electron chi connectivity index (χ2n) is 9.54. The molecule has 2 heterocycles. The second-order valence-corrected chi connectivity index (χ2v) is 9.54. The molecule has 31 heavy (non-hydrogen) atoms. The van der Waals surface area contributed by atoms with Crippen LogP contribution >= 0.6 is 0 Å². The molecule has 1 aliphatic carbocycles. The van der Waals surface area contributed by atoms with Crippen LogP contribution < -0.4 is 10.6 Å². The molecule has 0 spiro atoms.